The molecule has 11 nitrogen and oxygen atoms in total. The highest BCUT2D eigenvalue weighted by Crippen LogP contribution is 2.27. The summed E-state index contributed by atoms with van der Waals surface area (Å²) < 4.78 is 6.84. The standard InChI is InChI=1S/C20H19ClN6O5/c1-11(14-5-4-6-15(9-14)22-13(3)28)23-24-20(29)17-8-7-16(32-17)10-26-12(2)18(21)19(25-26)27(30)31/h4-9H,10H2,1-3H3,(H,22,28)(H,24,29). The van der Waals surface area contributed by atoms with Crippen molar-refractivity contribution in [2.45, 2.75) is 27.3 Å². The molecule has 3 aromatic rings. The van der Waals surface area contributed by atoms with Gasteiger partial charge in [-0.15, -0.1) is 0 Å². The van der Waals surface area contributed by atoms with Crippen molar-refractivity contribution in [2.75, 3.05) is 5.32 Å². The Hall–Kier alpha value is -3.99. The van der Waals surface area contributed by atoms with E-state index in [1.165, 1.54) is 17.7 Å². The molecule has 0 unspecified atom stereocenters. The van der Waals surface area contributed by atoms with Gasteiger partial charge in [0.2, 0.25) is 5.91 Å². The van der Waals surface area contributed by atoms with Gasteiger partial charge in [0.25, 0.3) is 0 Å². The van der Waals surface area contributed by atoms with Crippen molar-refractivity contribution in [1.29, 1.82) is 0 Å². The number of nitrogens with one attached hydrogen (secondary N) is 2. The third-order valence-electron chi connectivity index (χ3n) is 4.41. The van der Waals surface area contributed by atoms with Crippen LogP contribution in [0.1, 0.15) is 41.4 Å². The minimum atomic E-state index is -0.668. The number of hydrogen-bond acceptors (Lipinski definition) is 7. The number of furan rings is 1. The third-order valence-corrected chi connectivity index (χ3v) is 4.85. The molecule has 0 saturated carbocycles. The van der Waals surface area contributed by atoms with E-state index in [0.29, 0.717) is 28.4 Å². The largest absolute Gasteiger partial charge is 0.454 e. The van der Waals surface area contributed by atoms with E-state index < -0.39 is 16.6 Å². The zero-order chi connectivity index (χ0) is 23.4. The molecule has 0 bridgehead atoms. The van der Waals surface area contributed by atoms with Crippen molar-refractivity contribution in [2.24, 2.45) is 5.10 Å². The van der Waals surface area contributed by atoms with Gasteiger partial charge in [-0.3, -0.25) is 9.59 Å². The maximum absolute atomic E-state index is 12.4. The molecule has 0 aliphatic carbocycles. The molecular weight excluding hydrogens is 440 g/mol. The molecule has 2 amide bonds. The summed E-state index contributed by atoms with van der Waals surface area (Å²) in [6.45, 7) is 4.77. The second kappa shape index (κ2) is 9.43. The van der Waals surface area contributed by atoms with E-state index >= 15 is 0 Å². The van der Waals surface area contributed by atoms with Crippen LogP contribution in [-0.2, 0) is 11.3 Å². The van der Waals surface area contributed by atoms with Crippen molar-refractivity contribution < 1.29 is 18.9 Å². The van der Waals surface area contributed by atoms with Gasteiger partial charge in [-0.05, 0) is 48.6 Å². The summed E-state index contributed by atoms with van der Waals surface area (Å²) in [5.41, 5.74) is 4.66. The molecule has 1 aromatic carbocycles. The van der Waals surface area contributed by atoms with Crippen LogP contribution < -0.4 is 10.7 Å². The van der Waals surface area contributed by atoms with Crippen LogP contribution in [0.4, 0.5) is 11.5 Å². The van der Waals surface area contributed by atoms with Crippen LogP contribution in [0.3, 0.4) is 0 Å². The third kappa shape index (κ3) is 5.19. The van der Waals surface area contributed by atoms with Crippen molar-refractivity contribution in [3.63, 3.8) is 0 Å². The van der Waals surface area contributed by atoms with E-state index in [-0.39, 0.29) is 23.2 Å². The number of nitro groups is 1. The van der Waals surface area contributed by atoms with Gasteiger partial charge in [-0.2, -0.15) is 9.78 Å². The fourth-order valence-electron chi connectivity index (χ4n) is 2.79. The number of hydrogen-bond donors (Lipinski definition) is 2. The Morgan fingerprint density at radius 3 is 2.69 bits per heavy atom. The molecule has 12 heteroatoms. The number of nitrogens with zero attached hydrogens (tertiary/aromatic N) is 4. The Labute approximate surface area is 187 Å². The van der Waals surface area contributed by atoms with Crippen LogP contribution in [0.25, 0.3) is 0 Å². The maximum Gasteiger partial charge on any atom is 0.408 e. The van der Waals surface area contributed by atoms with Crippen LogP contribution in [0.15, 0.2) is 45.9 Å². The lowest BCUT2D eigenvalue weighted by molar-refractivity contribution is -0.389. The fraction of sp³-hybridized carbons (Fsp3) is 0.200. The summed E-state index contributed by atoms with van der Waals surface area (Å²) in [6.07, 6.45) is 0. The Kier molecular flexibility index (Phi) is 6.69. The van der Waals surface area contributed by atoms with Gasteiger partial charge < -0.3 is 19.8 Å². The normalized spacial score (nSPS) is 11.3. The molecular formula is C20H19ClN6O5. The summed E-state index contributed by atoms with van der Waals surface area (Å²) in [5.74, 6) is -0.846. The summed E-state index contributed by atoms with van der Waals surface area (Å²) in [6, 6.07) is 10.0. The average Bonchev–Trinajstić information content (AvgIpc) is 3.32. The van der Waals surface area contributed by atoms with Crippen LogP contribution in [0.5, 0.6) is 0 Å². The Morgan fingerprint density at radius 1 is 1.28 bits per heavy atom. The molecule has 0 saturated heterocycles. The van der Waals surface area contributed by atoms with E-state index in [1.54, 1.807) is 44.2 Å². The molecule has 2 N–H and O–H groups in total. The highest BCUT2D eigenvalue weighted by Gasteiger charge is 2.24. The highest BCUT2D eigenvalue weighted by atomic mass is 35.5. The summed E-state index contributed by atoms with van der Waals surface area (Å²) in [5, 5.41) is 21.5. The number of carbonyl (C=O) groups is 2. The van der Waals surface area contributed by atoms with Gasteiger partial charge in [-0.1, -0.05) is 23.7 Å². The van der Waals surface area contributed by atoms with E-state index in [1.807, 2.05) is 0 Å². The van der Waals surface area contributed by atoms with E-state index in [0.717, 1.165) is 0 Å². The predicted molar refractivity (Wildman–Crippen MR) is 117 cm³/mol. The molecule has 3 rings (SSSR count). The topological polar surface area (TPSA) is 145 Å². The second-order valence-electron chi connectivity index (χ2n) is 6.80. The molecule has 0 aliphatic rings. The van der Waals surface area contributed by atoms with Crippen molar-refractivity contribution in [3.8, 4) is 0 Å². The Bertz CT molecular complexity index is 1230. The van der Waals surface area contributed by atoms with Gasteiger partial charge in [0.05, 0.1) is 16.5 Å². The van der Waals surface area contributed by atoms with E-state index in [9.17, 15) is 19.7 Å². The first kappa shape index (κ1) is 22.7. The van der Waals surface area contributed by atoms with Crippen molar-refractivity contribution in [1.82, 2.24) is 15.2 Å². The highest BCUT2D eigenvalue weighted by molar-refractivity contribution is 6.33. The maximum atomic E-state index is 12.4. The quantitative estimate of drug-likeness (QED) is 0.315. The first-order valence-electron chi connectivity index (χ1n) is 9.34. The van der Waals surface area contributed by atoms with Gasteiger partial charge in [0, 0.05) is 12.6 Å². The lowest BCUT2D eigenvalue weighted by Crippen LogP contribution is -2.18. The number of carbonyl (C=O) groups excluding carboxylic acids is 2. The number of anilines is 1. The average molecular weight is 459 g/mol. The van der Waals surface area contributed by atoms with Gasteiger partial charge in [0.1, 0.15) is 12.3 Å². The van der Waals surface area contributed by atoms with Gasteiger partial charge in [-0.25, -0.2) is 5.43 Å². The molecule has 0 fully saturated rings. The minimum absolute atomic E-state index is 0.00829. The number of benzene rings is 1. The molecule has 0 atom stereocenters. The second-order valence-corrected chi connectivity index (χ2v) is 7.18. The Morgan fingerprint density at radius 2 is 2.03 bits per heavy atom. The fourth-order valence-corrected chi connectivity index (χ4v) is 3.00. The molecule has 0 radical (unpaired) electrons. The van der Waals surface area contributed by atoms with E-state index in [2.05, 4.69) is 20.9 Å². The molecule has 2 aromatic heterocycles. The lowest BCUT2D eigenvalue weighted by atomic mass is 10.1. The van der Waals surface area contributed by atoms with Crippen molar-refractivity contribution >= 4 is 40.6 Å². The van der Waals surface area contributed by atoms with Crippen molar-refractivity contribution in [3.05, 3.63) is 74.3 Å². The minimum Gasteiger partial charge on any atom is -0.454 e. The molecule has 32 heavy (non-hydrogen) atoms. The van der Waals surface area contributed by atoms with Crippen LogP contribution in [-0.4, -0.2) is 32.2 Å². The smallest absolute Gasteiger partial charge is 0.408 e. The number of hydrazone groups is 1. The molecule has 0 aliphatic heterocycles. The number of halogens is 1. The Balaban J connectivity index is 1.68. The van der Waals surface area contributed by atoms with Gasteiger partial charge in [0.15, 0.2) is 10.8 Å². The van der Waals surface area contributed by atoms with E-state index in [4.69, 9.17) is 16.0 Å². The summed E-state index contributed by atoms with van der Waals surface area (Å²) in [4.78, 5) is 33.9. The zero-order valence-electron chi connectivity index (χ0n) is 17.4. The summed E-state index contributed by atoms with van der Waals surface area (Å²) >= 11 is 5.93. The summed E-state index contributed by atoms with van der Waals surface area (Å²) in [7, 11) is 0. The first-order valence-corrected chi connectivity index (χ1v) is 9.72. The van der Waals surface area contributed by atoms with Gasteiger partial charge >= 0.3 is 11.7 Å². The predicted octanol–water partition coefficient (Wildman–Crippen LogP) is 3.51. The molecule has 2 heterocycles. The number of rotatable bonds is 7. The van der Waals surface area contributed by atoms with Crippen LogP contribution in [0.2, 0.25) is 5.02 Å². The van der Waals surface area contributed by atoms with Crippen LogP contribution in [0, 0.1) is 17.0 Å². The number of aromatic nitrogens is 2. The first-order chi connectivity index (χ1) is 15.2. The van der Waals surface area contributed by atoms with Crippen LogP contribution >= 0.6 is 11.6 Å². The molecule has 0 spiro atoms. The SMILES string of the molecule is CC(=O)Nc1cccc(C(C)=NNC(=O)c2ccc(Cn3nc([N+](=O)[O-])c(Cl)c3C)o2)c1. The number of amides is 2. The zero-order valence-corrected chi connectivity index (χ0v) is 18.1. The monoisotopic (exact) mass is 458 g/mol. The lowest BCUT2D eigenvalue weighted by Gasteiger charge is -2.06. The molecule has 166 valence electrons.